The van der Waals surface area contributed by atoms with E-state index in [-0.39, 0.29) is 10.2 Å². The molecule has 0 aliphatic carbocycles. The second-order valence-corrected chi connectivity index (χ2v) is 5.50. The standard InChI is InChI=1S/C13H11BrCl2FNO/c1-2-18-13(9-5-6-10(15)19-9)7-3-4-8(14)11(16)12(7)17/h3-6,13,18H,2H2,1H3. The molecule has 0 aliphatic heterocycles. The number of rotatable bonds is 4. The Kier molecular flexibility index (Phi) is 4.90. The molecule has 1 unspecified atom stereocenters. The van der Waals surface area contributed by atoms with Crippen LogP contribution in [0, 0.1) is 5.82 Å². The van der Waals surface area contributed by atoms with E-state index in [1.54, 1.807) is 24.3 Å². The van der Waals surface area contributed by atoms with Crippen molar-refractivity contribution in [3.05, 3.63) is 56.1 Å². The molecule has 102 valence electrons. The first kappa shape index (κ1) is 14.9. The first-order valence-electron chi connectivity index (χ1n) is 5.66. The van der Waals surface area contributed by atoms with E-state index in [1.165, 1.54) is 0 Å². The highest BCUT2D eigenvalue weighted by atomic mass is 79.9. The van der Waals surface area contributed by atoms with Crippen molar-refractivity contribution in [1.29, 1.82) is 0 Å². The highest BCUT2D eigenvalue weighted by Crippen LogP contribution is 2.33. The topological polar surface area (TPSA) is 25.2 Å². The Bertz CT molecular complexity index is 588. The molecule has 1 atom stereocenters. The fourth-order valence-corrected chi connectivity index (χ4v) is 2.45. The summed E-state index contributed by atoms with van der Waals surface area (Å²) in [6.07, 6.45) is 0. The molecule has 0 aliphatic rings. The zero-order valence-corrected chi connectivity index (χ0v) is 13.1. The minimum atomic E-state index is -0.477. The second-order valence-electron chi connectivity index (χ2n) is 3.90. The third-order valence-electron chi connectivity index (χ3n) is 2.66. The summed E-state index contributed by atoms with van der Waals surface area (Å²) in [5, 5.41) is 3.47. The van der Waals surface area contributed by atoms with Gasteiger partial charge in [0.05, 0.1) is 11.1 Å². The van der Waals surface area contributed by atoms with Crippen LogP contribution in [0.25, 0.3) is 0 Å². The van der Waals surface area contributed by atoms with Gasteiger partial charge < -0.3 is 9.73 Å². The van der Waals surface area contributed by atoms with Crippen molar-refractivity contribution >= 4 is 39.1 Å². The van der Waals surface area contributed by atoms with Crippen LogP contribution < -0.4 is 5.32 Å². The van der Waals surface area contributed by atoms with Gasteiger partial charge >= 0.3 is 0 Å². The van der Waals surface area contributed by atoms with E-state index in [2.05, 4.69) is 21.2 Å². The molecule has 0 amide bonds. The van der Waals surface area contributed by atoms with E-state index < -0.39 is 11.9 Å². The minimum absolute atomic E-state index is 0.0538. The maximum Gasteiger partial charge on any atom is 0.193 e. The van der Waals surface area contributed by atoms with Gasteiger partial charge in [-0.05, 0) is 52.3 Å². The van der Waals surface area contributed by atoms with Crippen molar-refractivity contribution in [2.24, 2.45) is 0 Å². The third-order valence-corrected chi connectivity index (χ3v) is 4.12. The third kappa shape index (κ3) is 3.14. The van der Waals surface area contributed by atoms with Crippen LogP contribution in [0.1, 0.15) is 24.3 Å². The number of hydrogen-bond donors (Lipinski definition) is 1. The molecule has 1 heterocycles. The lowest BCUT2D eigenvalue weighted by Crippen LogP contribution is -2.22. The van der Waals surface area contributed by atoms with E-state index in [1.807, 2.05) is 6.92 Å². The predicted molar refractivity (Wildman–Crippen MR) is 78.3 cm³/mol. The smallest absolute Gasteiger partial charge is 0.193 e. The SMILES string of the molecule is CCNC(c1ccc(Cl)o1)c1ccc(Br)c(Cl)c1F. The van der Waals surface area contributed by atoms with Crippen molar-refractivity contribution < 1.29 is 8.81 Å². The molecule has 6 heteroatoms. The molecule has 2 rings (SSSR count). The first-order chi connectivity index (χ1) is 9.04. The highest BCUT2D eigenvalue weighted by molar-refractivity contribution is 9.10. The molecule has 2 aromatic rings. The van der Waals surface area contributed by atoms with Gasteiger partial charge in [0.2, 0.25) is 0 Å². The Morgan fingerprint density at radius 1 is 1.32 bits per heavy atom. The summed E-state index contributed by atoms with van der Waals surface area (Å²) in [7, 11) is 0. The summed E-state index contributed by atoms with van der Waals surface area (Å²) in [5.41, 5.74) is 0.418. The molecule has 0 saturated carbocycles. The molecular formula is C13H11BrCl2FNO. The van der Waals surface area contributed by atoms with Gasteiger partial charge in [0.15, 0.2) is 5.22 Å². The van der Waals surface area contributed by atoms with Crippen LogP contribution in [-0.4, -0.2) is 6.54 Å². The number of nitrogens with one attached hydrogen (secondary N) is 1. The van der Waals surface area contributed by atoms with Gasteiger partial charge in [-0.3, -0.25) is 0 Å². The van der Waals surface area contributed by atoms with Gasteiger partial charge in [-0.2, -0.15) is 0 Å². The fourth-order valence-electron chi connectivity index (χ4n) is 1.82. The van der Waals surface area contributed by atoms with Gasteiger partial charge in [0, 0.05) is 10.0 Å². The summed E-state index contributed by atoms with van der Waals surface area (Å²) in [6, 6.07) is 6.28. The van der Waals surface area contributed by atoms with Crippen molar-refractivity contribution in [1.82, 2.24) is 5.32 Å². The normalized spacial score (nSPS) is 12.7. The van der Waals surface area contributed by atoms with Gasteiger partial charge in [-0.15, -0.1) is 0 Å². The molecule has 0 fully saturated rings. The quantitative estimate of drug-likeness (QED) is 0.753. The maximum atomic E-state index is 14.3. The maximum absolute atomic E-state index is 14.3. The molecule has 0 spiro atoms. The van der Waals surface area contributed by atoms with Crippen LogP contribution in [0.4, 0.5) is 4.39 Å². The van der Waals surface area contributed by atoms with E-state index in [0.717, 1.165) is 0 Å². The summed E-state index contributed by atoms with van der Waals surface area (Å²) >= 11 is 14.9. The Morgan fingerprint density at radius 2 is 2.05 bits per heavy atom. The monoisotopic (exact) mass is 365 g/mol. The minimum Gasteiger partial charge on any atom is -0.448 e. The van der Waals surface area contributed by atoms with Gasteiger partial charge in [-0.1, -0.05) is 24.6 Å². The summed E-state index contributed by atoms with van der Waals surface area (Å²) in [6.45, 7) is 2.58. The number of hydrogen-bond acceptors (Lipinski definition) is 2. The average Bonchev–Trinajstić information content (AvgIpc) is 2.81. The lowest BCUT2D eigenvalue weighted by Gasteiger charge is -2.17. The zero-order valence-electron chi connectivity index (χ0n) is 10.0. The molecule has 0 bridgehead atoms. The van der Waals surface area contributed by atoms with Crippen LogP contribution in [0.5, 0.6) is 0 Å². The number of benzene rings is 1. The molecule has 19 heavy (non-hydrogen) atoms. The Balaban J connectivity index is 2.48. The average molecular weight is 367 g/mol. The molecule has 1 aromatic carbocycles. The Labute approximate surface area is 129 Å². The van der Waals surface area contributed by atoms with E-state index in [0.29, 0.717) is 22.3 Å². The predicted octanol–water partition coefficient (Wildman–Crippen LogP) is 5.19. The van der Waals surface area contributed by atoms with Gasteiger partial charge in [-0.25, -0.2) is 4.39 Å². The fraction of sp³-hybridized carbons (Fsp3) is 0.231. The molecule has 0 radical (unpaired) electrons. The lowest BCUT2D eigenvalue weighted by molar-refractivity contribution is 0.443. The van der Waals surface area contributed by atoms with Crippen LogP contribution in [0.3, 0.4) is 0 Å². The Hall–Kier alpha value is -0.550. The van der Waals surface area contributed by atoms with Crippen molar-refractivity contribution in [3.8, 4) is 0 Å². The van der Waals surface area contributed by atoms with Crippen molar-refractivity contribution in [2.75, 3.05) is 6.54 Å². The number of furan rings is 1. The van der Waals surface area contributed by atoms with Crippen molar-refractivity contribution in [3.63, 3.8) is 0 Å². The van der Waals surface area contributed by atoms with E-state index in [9.17, 15) is 4.39 Å². The van der Waals surface area contributed by atoms with Crippen LogP contribution in [-0.2, 0) is 0 Å². The van der Waals surface area contributed by atoms with E-state index >= 15 is 0 Å². The second kappa shape index (κ2) is 6.27. The molecule has 1 aromatic heterocycles. The van der Waals surface area contributed by atoms with Crippen molar-refractivity contribution in [2.45, 2.75) is 13.0 Å². The summed E-state index contributed by atoms with van der Waals surface area (Å²) in [4.78, 5) is 0. The zero-order chi connectivity index (χ0) is 14.0. The largest absolute Gasteiger partial charge is 0.448 e. The first-order valence-corrected chi connectivity index (χ1v) is 7.21. The number of halogens is 4. The van der Waals surface area contributed by atoms with Crippen LogP contribution in [0.15, 0.2) is 33.2 Å². The molecular weight excluding hydrogens is 356 g/mol. The van der Waals surface area contributed by atoms with E-state index in [4.69, 9.17) is 27.6 Å². The van der Waals surface area contributed by atoms with Gasteiger partial charge in [0.1, 0.15) is 11.6 Å². The summed E-state index contributed by atoms with van der Waals surface area (Å²) in [5.74, 6) is 0.0682. The van der Waals surface area contributed by atoms with Crippen LogP contribution in [0.2, 0.25) is 10.2 Å². The molecule has 2 nitrogen and oxygen atoms in total. The molecule has 0 saturated heterocycles. The molecule has 1 N–H and O–H groups in total. The lowest BCUT2D eigenvalue weighted by atomic mass is 10.0. The summed E-state index contributed by atoms with van der Waals surface area (Å²) < 4.78 is 20.1. The highest BCUT2D eigenvalue weighted by Gasteiger charge is 2.22. The van der Waals surface area contributed by atoms with Gasteiger partial charge in [0.25, 0.3) is 0 Å². The van der Waals surface area contributed by atoms with Crippen LogP contribution >= 0.6 is 39.1 Å². The Morgan fingerprint density at radius 3 is 2.63 bits per heavy atom.